The van der Waals surface area contributed by atoms with Crippen LogP contribution in [0.5, 0.6) is 5.75 Å². The predicted molar refractivity (Wildman–Crippen MR) is 133 cm³/mol. The normalized spacial score (nSPS) is 17.0. The van der Waals surface area contributed by atoms with Crippen LogP contribution < -0.4 is 5.32 Å². The minimum atomic E-state index is -0.389. The van der Waals surface area contributed by atoms with Crippen LogP contribution >= 0.6 is 11.3 Å². The van der Waals surface area contributed by atoms with Crippen LogP contribution in [0.15, 0.2) is 84.2 Å². The predicted octanol–water partition coefficient (Wildman–Crippen LogP) is 5.11. The number of amides is 1. The van der Waals surface area contributed by atoms with Gasteiger partial charge >= 0.3 is 0 Å². The van der Waals surface area contributed by atoms with Crippen molar-refractivity contribution in [1.82, 2.24) is 15.3 Å². The molecule has 4 heterocycles. The number of aromatic nitrogens is 1. The van der Waals surface area contributed by atoms with Crippen LogP contribution in [0, 0.1) is 0 Å². The summed E-state index contributed by atoms with van der Waals surface area (Å²) in [5, 5.41) is 20.2. The van der Waals surface area contributed by atoms with E-state index in [2.05, 4.69) is 28.5 Å². The molecule has 0 bridgehead atoms. The summed E-state index contributed by atoms with van der Waals surface area (Å²) in [7, 11) is 0. The Kier molecular flexibility index (Phi) is 5.20. The van der Waals surface area contributed by atoms with E-state index in [4.69, 9.17) is 5.10 Å². The van der Waals surface area contributed by atoms with Gasteiger partial charge < -0.3 is 10.4 Å². The monoisotopic (exact) mass is 466 g/mol. The Bertz CT molecular complexity index is 1410. The standard InChI is InChI=1S/C27H22N4O2S/c32-24-9-2-1-7-20(24)23-13-22(18-6-4-12-28-15-18)30-31(23)27(33)26-11-10-25(34-26)19-8-3-5-17-14-29-16-21(17)19/h1-12,15,23,29,32H,13-14,16H2. The summed E-state index contributed by atoms with van der Waals surface area (Å²) < 4.78 is 0. The molecule has 1 atom stereocenters. The van der Waals surface area contributed by atoms with E-state index in [0.29, 0.717) is 16.9 Å². The van der Waals surface area contributed by atoms with Gasteiger partial charge in [0.05, 0.1) is 16.6 Å². The fourth-order valence-corrected chi connectivity index (χ4v) is 5.68. The molecule has 2 aromatic carbocycles. The van der Waals surface area contributed by atoms with Crippen molar-refractivity contribution in [3.63, 3.8) is 0 Å². The number of aromatic hydroxyl groups is 1. The number of benzene rings is 2. The van der Waals surface area contributed by atoms with Gasteiger partial charge in [-0.2, -0.15) is 5.10 Å². The van der Waals surface area contributed by atoms with E-state index in [0.717, 1.165) is 29.2 Å². The van der Waals surface area contributed by atoms with Gasteiger partial charge in [0, 0.05) is 47.9 Å². The van der Waals surface area contributed by atoms with Crippen molar-refractivity contribution < 1.29 is 9.90 Å². The lowest BCUT2D eigenvalue weighted by molar-refractivity contribution is 0.0714. The average Bonchev–Trinajstić information content (AvgIpc) is 3.64. The smallest absolute Gasteiger partial charge is 0.284 e. The lowest BCUT2D eigenvalue weighted by atomic mass is 9.98. The summed E-state index contributed by atoms with van der Waals surface area (Å²) >= 11 is 1.48. The molecule has 168 valence electrons. The highest BCUT2D eigenvalue weighted by molar-refractivity contribution is 7.17. The SMILES string of the molecule is O=C(c1ccc(-c2cccc3c2CNC3)s1)N1N=C(c2cccnc2)CC1c1ccccc1O. The Morgan fingerprint density at radius 2 is 1.94 bits per heavy atom. The molecule has 4 aromatic rings. The van der Waals surface area contributed by atoms with E-state index < -0.39 is 0 Å². The zero-order valence-electron chi connectivity index (χ0n) is 18.3. The second-order valence-electron chi connectivity index (χ2n) is 8.43. The van der Waals surface area contributed by atoms with E-state index >= 15 is 0 Å². The molecule has 0 aliphatic carbocycles. The number of hydrazone groups is 1. The first-order valence-corrected chi connectivity index (χ1v) is 12.0. The lowest BCUT2D eigenvalue weighted by Crippen LogP contribution is -2.26. The molecule has 0 fully saturated rings. The summed E-state index contributed by atoms with van der Waals surface area (Å²) in [6, 6.07) is 20.8. The van der Waals surface area contributed by atoms with Crippen molar-refractivity contribution in [2.75, 3.05) is 0 Å². The first-order chi connectivity index (χ1) is 16.7. The van der Waals surface area contributed by atoms with Gasteiger partial charge in [-0.25, -0.2) is 5.01 Å². The molecule has 0 saturated carbocycles. The molecule has 0 radical (unpaired) electrons. The number of fused-ring (bicyclic) bond motifs is 1. The van der Waals surface area contributed by atoms with Crippen molar-refractivity contribution in [1.29, 1.82) is 0 Å². The maximum Gasteiger partial charge on any atom is 0.284 e. The van der Waals surface area contributed by atoms with Crippen LogP contribution in [0.4, 0.5) is 0 Å². The molecule has 7 heteroatoms. The minimum Gasteiger partial charge on any atom is -0.508 e. The lowest BCUT2D eigenvalue weighted by Gasteiger charge is -2.22. The molecule has 2 aliphatic rings. The second kappa shape index (κ2) is 8.52. The Morgan fingerprint density at radius 1 is 1.03 bits per heavy atom. The molecule has 2 N–H and O–H groups in total. The van der Waals surface area contributed by atoms with Crippen LogP contribution in [0.25, 0.3) is 10.4 Å². The number of phenolic OH excluding ortho intramolecular Hbond substituents is 1. The van der Waals surface area contributed by atoms with E-state index in [9.17, 15) is 9.90 Å². The number of hydrogen-bond donors (Lipinski definition) is 2. The maximum absolute atomic E-state index is 13.7. The number of phenols is 1. The molecular weight excluding hydrogens is 444 g/mol. The number of nitrogens with zero attached hydrogens (tertiary/aromatic N) is 3. The first kappa shape index (κ1) is 20.8. The highest BCUT2D eigenvalue weighted by Gasteiger charge is 2.35. The van der Waals surface area contributed by atoms with Crippen molar-refractivity contribution in [2.45, 2.75) is 25.6 Å². The third-order valence-corrected chi connectivity index (χ3v) is 7.49. The summed E-state index contributed by atoms with van der Waals surface area (Å²) in [5.41, 5.74) is 6.11. The molecular formula is C27H22N4O2S. The quantitative estimate of drug-likeness (QED) is 0.438. The number of para-hydroxylation sites is 1. The van der Waals surface area contributed by atoms with Crippen molar-refractivity contribution in [2.24, 2.45) is 5.10 Å². The number of hydrogen-bond acceptors (Lipinski definition) is 6. The van der Waals surface area contributed by atoms with E-state index in [1.165, 1.54) is 33.0 Å². The molecule has 0 saturated heterocycles. The van der Waals surface area contributed by atoms with Gasteiger partial charge in [0.1, 0.15) is 5.75 Å². The van der Waals surface area contributed by atoms with Gasteiger partial charge in [-0.3, -0.25) is 9.78 Å². The Morgan fingerprint density at radius 3 is 2.79 bits per heavy atom. The van der Waals surface area contributed by atoms with Gasteiger partial charge in [-0.15, -0.1) is 11.3 Å². The van der Waals surface area contributed by atoms with Crippen molar-refractivity contribution in [3.8, 4) is 16.2 Å². The zero-order chi connectivity index (χ0) is 23.1. The van der Waals surface area contributed by atoms with Gasteiger partial charge in [0.2, 0.25) is 0 Å². The highest BCUT2D eigenvalue weighted by atomic mass is 32.1. The minimum absolute atomic E-state index is 0.159. The third kappa shape index (κ3) is 3.59. The average molecular weight is 467 g/mol. The Balaban J connectivity index is 1.37. The molecule has 2 aromatic heterocycles. The summed E-state index contributed by atoms with van der Waals surface area (Å²) in [4.78, 5) is 19.6. The van der Waals surface area contributed by atoms with Crippen molar-refractivity contribution >= 4 is 23.0 Å². The van der Waals surface area contributed by atoms with Crippen LogP contribution in [0.3, 0.4) is 0 Å². The van der Waals surface area contributed by atoms with E-state index in [-0.39, 0.29) is 17.7 Å². The number of pyridine rings is 1. The van der Waals surface area contributed by atoms with Crippen LogP contribution in [0.2, 0.25) is 0 Å². The summed E-state index contributed by atoms with van der Waals surface area (Å²) in [6.45, 7) is 1.72. The number of carbonyl (C=O) groups is 1. The number of carbonyl (C=O) groups excluding carboxylic acids is 1. The van der Waals surface area contributed by atoms with Crippen LogP contribution in [-0.4, -0.2) is 26.7 Å². The molecule has 6 nitrogen and oxygen atoms in total. The zero-order valence-corrected chi connectivity index (χ0v) is 19.1. The summed E-state index contributed by atoms with van der Waals surface area (Å²) in [6.07, 6.45) is 3.97. The molecule has 1 unspecified atom stereocenters. The van der Waals surface area contributed by atoms with Gasteiger partial charge in [-0.1, -0.05) is 42.5 Å². The second-order valence-corrected chi connectivity index (χ2v) is 9.51. The Hall–Kier alpha value is -3.81. The molecule has 0 spiro atoms. The van der Waals surface area contributed by atoms with Gasteiger partial charge in [0.15, 0.2) is 0 Å². The fourth-order valence-electron chi connectivity index (χ4n) is 4.69. The largest absolute Gasteiger partial charge is 0.508 e. The molecule has 6 rings (SSSR count). The van der Waals surface area contributed by atoms with Crippen LogP contribution in [-0.2, 0) is 13.1 Å². The number of thiophene rings is 1. The maximum atomic E-state index is 13.7. The van der Waals surface area contributed by atoms with Crippen molar-refractivity contribution in [3.05, 3.63) is 106 Å². The third-order valence-electron chi connectivity index (χ3n) is 6.38. The first-order valence-electron chi connectivity index (χ1n) is 11.2. The fraction of sp³-hybridized carbons (Fsp3) is 0.148. The van der Waals surface area contributed by atoms with Gasteiger partial charge in [-0.05, 0) is 41.0 Å². The van der Waals surface area contributed by atoms with Gasteiger partial charge in [0.25, 0.3) is 5.91 Å². The Labute approximate surface area is 201 Å². The highest BCUT2D eigenvalue weighted by Crippen LogP contribution is 2.40. The molecule has 1 amide bonds. The van der Waals surface area contributed by atoms with E-state index in [1.54, 1.807) is 24.5 Å². The number of rotatable bonds is 4. The summed E-state index contributed by atoms with van der Waals surface area (Å²) in [5.74, 6) is -0.0127. The number of nitrogens with one attached hydrogen (secondary N) is 1. The van der Waals surface area contributed by atoms with Crippen LogP contribution in [0.1, 0.15) is 44.4 Å². The van der Waals surface area contributed by atoms with E-state index in [1.807, 2.05) is 36.4 Å². The topological polar surface area (TPSA) is 77.8 Å². The molecule has 34 heavy (non-hydrogen) atoms. The molecule has 2 aliphatic heterocycles.